The first-order valence-corrected chi connectivity index (χ1v) is 7.30. The summed E-state index contributed by atoms with van der Waals surface area (Å²) in [5.74, 6) is -0.0561. The smallest absolute Gasteiger partial charge is 0.253 e. The molecule has 0 radical (unpaired) electrons. The van der Waals surface area contributed by atoms with E-state index in [0.717, 1.165) is 27.9 Å². The zero-order valence-electron chi connectivity index (χ0n) is 13.3. The van der Waals surface area contributed by atoms with Crippen LogP contribution in [0.3, 0.4) is 0 Å². The van der Waals surface area contributed by atoms with Crippen molar-refractivity contribution in [3.8, 4) is 0 Å². The SMILES string of the molecule is Cc1nn(C)c(C)c1CNC(=O)c1cn(C)c2ccccc12. The minimum Gasteiger partial charge on any atom is -0.350 e. The molecular formula is C17H20N4O. The average molecular weight is 296 g/mol. The van der Waals surface area contributed by atoms with Gasteiger partial charge in [-0.3, -0.25) is 9.48 Å². The van der Waals surface area contributed by atoms with E-state index in [1.807, 2.05) is 67.7 Å². The Morgan fingerprint density at radius 1 is 1.23 bits per heavy atom. The number of carbonyl (C=O) groups excluding carboxylic acids is 1. The lowest BCUT2D eigenvalue weighted by Gasteiger charge is -2.05. The predicted octanol–water partition coefficient (Wildman–Crippen LogP) is 2.46. The number of rotatable bonds is 3. The van der Waals surface area contributed by atoms with Crippen molar-refractivity contribution >= 4 is 16.8 Å². The van der Waals surface area contributed by atoms with E-state index in [9.17, 15) is 4.79 Å². The minimum absolute atomic E-state index is 0.0561. The average Bonchev–Trinajstić information content (AvgIpc) is 2.96. The number of fused-ring (bicyclic) bond motifs is 1. The number of para-hydroxylation sites is 1. The van der Waals surface area contributed by atoms with E-state index in [1.54, 1.807) is 0 Å². The van der Waals surface area contributed by atoms with Crippen molar-refractivity contribution in [2.75, 3.05) is 0 Å². The summed E-state index contributed by atoms with van der Waals surface area (Å²) < 4.78 is 3.82. The number of aryl methyl sites for hydroxylation is 3. The Kier molecular flexibility index (Phi) is 3.48. The molecule has 0 fully saturated rings. The van der Waals surface area contributed by atoms with E-state index in [2.05, 4.69) is 10.4 Å². The molecular weight excluding hydrogens is 276 g/mol. The Balaban J connectivity index is 1.85. The van der Waals surface area contributed by atoms with Gasteiger partial charge in [-0.25, -0.2) is 0 Å². The molecule has 1 N–H and O–H groups in total. The summed E-state index contributed by atoms with van der Waals surface area (Å²) in [5, 5.41) is 8.36. The van der Waals surface area contributed by atoms with Gasteiger partial charge in [0.15, 0.2) is 0 Å². The number of nitrogens with one attached hydrogen (secondary N) is 1. The van der Waals surface area contributed by atoms with Crippen LogP contribution in [0.25, 0.3) is 10.9 Å². The molecule has 0 spiro atoms. The summed E-state index contributed by atoms with van der Waals surface area (Å²) in [7, 11) is 3.87. The summed E-state index contributed by atoms with van der Waals surface area (Å²) in [6, 6.07) is 7.92. The maximum Gasteiger partial charge on any atom is 0.253 e. The molecule has 0 unspecified atom stereocenters. The molecule has 3 rings (SSSR count). The molecule has 114 valence electrons. The molecule has 3 aromatic rings. The largest absolute Gasteiger partial charge is 0.350 e. The number of hydrogen-bond acceptors (Lipinski definition) is 2. The van der Waals surface area contributed by atoms with Gasteiger partial charge in [-0.1, -0.05) is 18.2 Å². The maximum absolute atomic E-state index is 12.5. The molecule has 5 heteroatoms. The van der Waals surface area contributed by atoms with E-state index in [1.165, 1.54) is 0 Å². The van der Waals surface area contributed by atoms with Gasteiger partial charge in [-0.15, -0.1) is 0 Å². The maximum atomic E-state index is 12.5. The molecule has 22 heavy (non-hydrogen) atoms. The second-order valence-corrected chi connectivity index (χ2v) is 5.63. The fraction of sp³-hybridized carbons (Fsp3) is 0.294. The molecule has 2 heterocycles. The Bertz CT molecular complexity index is 857. The first-order chi connectivity index (χ1) is 10.5. The third-order valence-corrected chi connectivity index (χ3v) is 4.23. The summed E-state index contributed by atoms with van der Waals surface area (Å²) in [4.78, 5) is 12.5. The highest BCUT2D eigenvalue weighted by Crippen LogP contribution is 2.20. The lowest BCUT2D eigenvalue weighted by Crippen LogP contribution is -2.23. The second-order valence-electron chi connectivity index (χ2n) is 5.63. The van der Waals surface area contributed by atoms with Crippen LogP contribution in [0, 0.1) is 13.8 Å². The van der Waals surface area contributed by atoms with Gasteiger partial charge in [0.1, 0.15) is 0 Å². The van der Waals surface area contributed by atoms with Gasteiger partial charge in [0.25, 0.3) is 5.91 Å². The number of nitrogens with zero attached hydrogens (tertiary/aromatic N) is 3. The third kappa shape index (κ3) is 2.28. The molecule has 5 nitrogen and oxygen atoms in total. The van der Waals surface area contributed by atoms with E-state index in [4.69, 9.17) is 0 Å². The minimum atomic E-state index is -0.0561. The van der Waals surface area contributed by atoms with Crippen LogP contribution < -0.4 is 5.32 Å². The monoisotopic (exact) mass is 296 g/mol. The molecule has 0 saturated heterocycles. The van der Waals surface area contributed by atoms with Gasteiger partial charge in [0.2, 0.25) is 0 Å². The van der Waals surface area contributed by atoms with Crippen LogP contribution in [0.1, 0.15) is 27.3 Å². The summed E-state index contributed by atoms with van der Waals surface area (Å²) in [5.41, 5.74) is 4.88. The van der Waals surface area contributed by atoms with Crippen LogP contribution in [0.4, 0.5) is 0 Å². The number of benzene rings is 1. The first-order valence-electron chi connectivity index (χ1n) is 7.30. The zero-order valence-corrected chi connectivity index (χ0v) is 13.3. The van der Waals surface area contributed by atoms with Crippen LogP contribution in [0.5, 0.6) is 0 Å². The lowest BCUT2D eigenvalue weighted by molar-refractivity contribution is 0.0952. The van der Waals surface area contributed by atoms with Gasteiger partial charge >= 0.3 is 0 Å². The Morgan fingerprint density at radius 2 is 1.95 bits per heavy atom. The molecule has 0 bridgehead atoms. The van der Waals surface area contributed by atoms with Crippen LogP contribution in [-0.4, -0.2) is 20.3 Å². The third-order valence-electron chi connectivity index (χ3n) is 4.23. The summed E-state index contributed by atoms with van der Waals surface area (Å²) in [6.07, 6.45) is 1.88. The van der Waals surface area contributed by atoms with Gasteiger partial charge < -0.3 is 9.88 Å². The summed E-state index contributed by atoms with van der Waals surface area (Å²) in [6.45, 7) is 4.47. The second kappa shape index (κ2) is 5.33. The van der Waals surface area contributed by atoms with E-state index < -0.39 is 0 Å². The van der Waals surface area contributed by atoms with Crippen molar-refractivity contribution in [1.29, 1.82) is 0 Å². The van der Waals surface area contributed by atoms with E-state index in [0.29, 0.717) is 12.1 Å². The van der Waals surface area contributed by atoms with Gasteiger partial charge in [0, 0.05) is 49.0 Å². The Morgan fingerprint density at radius 3 is 2.64 bits per heavy atom. The van der Waals surface area contributed by atoms with Crippen molar-refractivity contribution in [3.05, 3.63) is 53.0 Å². The molecule has 0 aliphatic heterocycles. The molecule has 1 aromatic carbocycles. The van der Waals surface area contributed by atoms with E-state index in [-0.39, 0.29) is 5.91 Å². The van der Waals surface area contributed by atoms with Crippen molar-refractivity contribution in [2.45, 2.75) is 20.4 Å². The van der Waals surface area contributed by atoms with E-state index >= 15 is 0 Å². The lowest BCUT2D eigenvalue weighted by atomic mass is 10.1. The van der Waals surface area contributed by atoms with Gasteiger partial charge in [-0.05, 0) is 19.9 Å². The molecule has 0 aliphatic carbocycles. The van der Waals surface area contributed by atoms with Gasteiger partial charge in [0.05, 0.1) is 11.3 Å². The summed E-state index contributed by atoms with van der Waals surface area (Å²) >= 11 is 0. The topological polar surface area (TPSA) is 51.9 Å². The number of amides is 1. The number of aromatic nitrogens is 3. The van der Waals surface area contributed by atoms with Crippen LogP contribution in [0.15, 0.2) is 30.5 Å². The highest BCUT2D eigenvalue weighted by molar-refractivity contribution is 6.06. The Hall–Kier alpha value is -2.56. The fourth-order valence-electron chi connectivity index (χ4n) is 2.86. The number of hydrogen-bond donors (Lipinski definition) is 1. The Labute approximate surface area is 129 Å². The predicted molar refractivity (Wildman–Crippen MR) is 86.8 cm³/mol. The molecule has 2 aromatic heterocycles. The highest BCUT2D eigenvalue weighted by Gasteiger charge is 2.15. The first kappa shape index (κ1) is 14.4. The van der Waals surface area contributed by atoms with Crippen molar-refractivity contribution in [2.24, 2.45) is 14.1 Å². The molecule has 0 atom stereocenters. The number of carbonyl (C=O) groups is 1. The zero-order chi connectivity index (χ0) is 15.9. The molecule has 1 amide bonds. The highest BCUT2D eigenvalue weighted by atomic mass is 16.1. The van der Waals surface area contributed by atoms with Crippen LogP contribution in [0.2, 0.25) is 0 Å². The van der Waals surface area contributed by atoms with Crippen molar-refractivity contribution in [3.63, 3.8) is 0 Å². The van der Waals surface area contributed by atoms with Crippen LogP contribution in [-0.2, 0) is 20.6 Å². The molecule has 0 saturated carbocycles. The quantitative estimate of drug-likeness (QED) is 0.807. The van der Waals surface area contributed by atoms with Crippen LogP contribution >= 0.6 is 0 Å². The normalized spacial score (nSPS) is 11.1. The van der Waals surface area contributed by atoms with Gasteiger partial charge in [-0.2, -0.15) is 5.10 Å². The van der Waals surface area contributed by atoms with Crippen molar-refractivity contribution in [1.82, 2.24) is 19.7 Å². The fourth-order valence-corrected chi connectivity index (χ4v) is 2.86. The van der Waals surface area contributed by atoms with Crippen molar-refractivity contribution < 1.29 is 4.79 Å². The molecule has 0 aliphatic rings. The standard InChI is InChI=1S/C17H20N4O/c1-11-14(12(2)21(4)19-11)9-18-17(22)15-10-20(3)16-8-6-5-7-13(15)16/h5-8,10H,9H2,1-4H3,(H,18,22).